The number of carbonyl (C=O) groups excluding carboxylic acids is 1. The van der Waals surface area contributed by atoms with Crippen molar-refractivity contribution in [2.45, 2.75) is 6.54 Å². The van der Waals surface area contributed by atoms with E-state index in [1.807, 2.05) is 0 Å². The number of anilines is 1. The Morgan fingerprint density at radius 3 is 2.92 bits per heavy atom. The fourth-order valence-corrected chi connectivity index (χ4v) is 2.60. The average Bonchev–Trinajstić information content (AvgIpc) is 3.20. The van der Waals surface area contributed by atoms with Crippen LogP contribution in [0.4, 0.5) is 15.8 Å². The van der Waals surface area contributed by atoms with E-state index in [2.05, 4.69) is 10.4 Å². The zero-order valence-corrected chi connectivity index (χ0v) is 13.2. The van der Waals surface area contributed by atoms with Crippen LogP contribution in [0.1, 0.15) is 0 Å². The van der Waals surface area contributed by atoms with Crippen molar-refractivity contribution in [3.05, 3.63) is 62.2 Å². The van der Waals surface area contributed by atoms with Crippen molar-refractivity contribution in [3.63, 3.8) is 0 Å². The third-order valence-electron chi connectivity index (χ3n) is 3.07. The molecule has 0 saturated heterocycles. The van der Waals surface area contributed by atoms with E-state index in [4.69, 9.17) is 4.42 Å². The third-order valence-corrected chi connectivity index (χ3v) is 3.92. The van der Waals surface area contributed by atoms with Crippen LogP contribution in [0.25, 0.3) is 10.8 Å². The Hall–Kier alpha value is -3.34. The van der Waals surface area contributed by atoms with Crippen LogP contribution in [-0.2, 0) is 11.3 Å². The molecule has 0 radical (unpaired) electrons. The standard InChI is InChI=1S/C14H9FN4O5S/c15-9-4-3-8(19(22)23)6-10(9)16-12(20)7-18-14(21)24-13(17-18)11-2-1-5-25-11/h1-6H,7H2,(H,16,20). The quantitative estimate of drug-likeness (QED) is 0.547. The molecule has 3 rings (SSSR count). The van der Waals surface area contributed by atoms with Crippen LogP contribution < -0.4 is 11.1 Å². The molecule has 9 nitrogen and oxygen atoms in total. The zero-order chi connectivity index (χ0) is 18.0. The van der Waals surface area contributed by atoms with Crippen molar-refractivity contribution in [2.24, 2.45) is 0 Å². The number of hydrogen-bond donors (Lipinski definition) is 1. The molecule has 0 atom stereocenters. The summed E-state index contributed by atoms with van der Waals surface area (Å²) in [6.45, 7) is -0.532. The first-order valence-electron chi connectivity index (χ1n) is 6.79. The molecule has 1 amide bonds. The van der Waals surface area contributed by atoms with E-state index in [1.165, 1.54) is 11.3 Å². The summed E-state index contributed by atoms with van der Waals surface area (Å²) in [5.41, 5.74) is -0.746. The minimum Gasteiger partial charge on any atom is -0.387 e. The highest BCUT2D eigenvalue weighted by atomic mass is 32.1. The van der Waals surface area contributed by atoms with Gasteiger partial charge < -0.3 is 9.73 Å². The number of nitro benzene ring substituents is 1. The maximum atomic E-state index is 13.7. The van der Waals surface area contributed by atoms with Gasteiger partial charge >= 0.3 is 5.76 Å². The molecule has 2 aromatic heterocycles. The summed E-state index contributed by atoms with van der Waals surface area (Å²) < 4.78 is 19.4. The summed E-state index contributed by atoms with van der Waals surface area (Å²) in [6.07, 6.45) is 0. The lowest BCUT2D eigenvalue weighted by molar-refractivity contribution is -0.384. The number of nitrogens with zero attached hydrogens (tertiary/aromatic N) is 3. The summed E-state index contributed by atoms with van der Waals surface area (Å²) in [6, 6.07) is 6.16. The molecule has 0 aliphatic carbocycles. The van der Waals surface area contributed by atoms with Gasteiger partial charge in [0.25, 0.3) is 11.6 Å². The highest BCUT2D eigenvalue weighted by Gasteiger charge is 2.16. The van der Waals surface area contributed by atoms with E-state index < -0.39 is 28.9 Å². The van der Waals surface area contributed by atoms with E-state index in [0.717, 1.165) is 22.9 Å². The number of nitrogens with one attached hydrogen (secondary N) is 1. The molecule has 2 heterocycles. The van der Waals surface area contributed by atoms with Gasteiger partial charge in [-0.2, -0.15) is 4.68 Å². The smallest absolute Gasteiger partial charge is 0.387 e. The predicted octanol–water partition coefficient (Wildman–Crippen LogP) is 2.25. The molecule has 25 heavy (non-hydrogen) atoms. The molecule has 0 bridgehead atoms. The van der Waals surface area contributed by atoms with Gasteiger partial charge in [-0.25, -0.2) is 9.18 Å². The van der Waals surface area contributed by atoms with Crippen LogP contribution >= 0.6 is 11.3 Å². The maximum absolute atomic E-state index is 13.7. The SMILES string of the molecule is O=C(Cn1nc(-c2cccs2)oc1=O)Nc1cc([N+](=O)[O-])ccc1F. The Morgan fingerprint density at radius 2 is 2.24 bits per heavy atom. The molecule has 0 saturated carbocycles. The Bertz CT molecular complexity index is 995. The van der Waals surface area contributed by atoms with Crippen LogP contribution in [0.15, 0.2) is 44.9 Å². The second-order valence-electron chi connectivity index (χ2n) is 4.78. The van der Waals surface area contributed by atoms with Crippen molar-refractivity contribution in [1.82, 2.24) is 9.78 Å². The van der Waals surface area contributed by atoms with Crippen molar-refractivity contribution in [1.29, 1.82) is 0 Å². The third kappa shape index (κ3) is 3.61. The van der Waals surface area contributed by atoms with Gasteiger partial charge in [-0.05, 0) is 17.5 Å². The lowest BCUT2D eigenvalue weighted by Crippen LogP contribution is -2.26. The average molecular weight is 364 g/mol. The van der Waals surface area contributed by atoms with E-state index in [-0.39, 0.29) is 17.3 Å². The Balaban J connectivity index is 1.76. The number of thiophene rings is 1. The number of amides is 1. The Kier molecular flexibility index (Phi) is 4.39. The van der Waals surface area contributed by atoms with Crippen LogP contribution in [0.3, 0.4) is 0 Å². The number of non-ortho nitro benzene ring substituents is 1. The van der Waals surface area contributed by atoms with E-state index in [1.54, 1.807) is 17.5 Å². The first-order valence-corrected chi connectivity index (χ1v) is 7.67. The molecule has 128 valence electrons. The Labute approximate surface area is 142 Å². The van der Waals surface area contributed by atoms with Gasteiger partial charge in [0, 0.05) is 12.1 Å². The van der Waals surface area contributed by atoms with Gasteiger partial charge in [-0.1, -0.05) is 6.07 Å². The number of rotatable bonds is 5. The van der Waals surface area contributed by atoms with Crippen LogP contribution in [0, 0.1) is 15.9 Å². The van der Waals surface area contributed by atoms with Gasteiger partial charge in [0.05, 0.1) is 15.5 Å². The lowest BCUT2D eigenvalue weighted by atomic mass is 10.2. The highest BCUT2D eigenvalue weighted by Crippen LogP contribution is 2.22. The summed E-state index contributed by atoms with van der Waals surface area (Å²) in [4.78, 5) is 34.3. The van der Waals surface area contributed by atoms with E-state index >= 15 is 0 Å². The molecule has 0 aliphatic rings. The van der Waals surface area contributed by atoms with Crippen LogP contribution in [0.2, 0.25) is 0 Å². The number of halogens is 1. The molecule has 1 N–H and O–H groups in total. The molecule has 1 aromatic carbocycles. The highest BCUT2D eigenvalue weighted by molar-refractivity contribution is 7.13. The zero-order valence-electron chi connectivity index (χ0n) is 12.3. The molecule has 11 heteroatoms. The van der Waals surface area contributed by atoms with Gasteiger partial charge in [0.2, 0.25) is 5.91 Å². The summed E-state index contributed by atoms with van der Waals surface area (Å²) in [7, 11) is 0. The van der Waals surface area contributed by atoms with E-state index in [9.17, 15) is 24.1 Å². The number of nitro groups is 1. The summed E-state index contributed by atoms with van der Waals surface area (Å²) in [5.74, 6) is -2.41. The molecule has 3 aromatic rings. The van der Waals surface area contributed by atoms with Gasteiger partial charge in [0.15, 0.2) is 0 Å². The van der Waals surface area contributed by atoms with Crippen molar-refractivity contribution in [3.8, 4) is 10.8 Å². The Morgan fingerprint density at radius 1 is 1.44 bits per heavy atom. The number of benzene rings is 1. The van der Waals surface area contributed by atoms with Gasteiger partial charge in [-0.3, -0.25) is 14.9 Å². The first kappa shape index (κ1) is 16.5. The molecular formula is C14H9FN4O5S. The molecular weight excluding hydrogens is 355 g/mol. The monoisotopic (exact) mass is 364 g/mol. The fraction of sp³-hybridized carbons (Fsp3) is 0.0714. The second-order valence-corrected chi connectivity index (χ2v) is 5.73. The molecule has 0 aliphatic heterocycles. The van der Waals surface area contributed by atoms with Crippen LogP contribution in [-0.4, -0.2) is 20.6 Å². The van der Waals surface area contributed by atoms with Crippen molar-refractivity contribution < 1.29 is 18.5 Å². The first-order chi connectivity index (χ1) is 11.9. The number of carbonyl (C=O) groups is 1. The minimum absolute atomic E-state index is 0.0642. The molecule has 0 spiro atoms. The van der Waals surface area contributed by atoms with Gasteiger partial charge in [-0.15, -0.1) is 16.4 Å². The van der Waals surface area contributed by atoms with Crippen molar-refractivity contribution >= 4 is 28.6 Å². The van der Waals surface area contributed by atoms with Crippen molar-refractivity contribution in [2.75, 3.05) is 5.32 Å². The largest absolute Gasteiger partial charge is 0.437 e. The lowest BCUT2D eigenvalue weighted by Gasteiger charge is -2.05. The number of hydrogen-bond acceptors (Lipinski definition) is 7. The minimum atomic E-state index is -0.849. The topological polar surface area (TPSA) is 120 Å². The number of aromatic nitrogens is 2. The maximum Gasteiger partial charge on any atom is 0.437 e. The fourth-order valence-electron chi connectivity index (χ4n) is 1.95. The summed E-state index contributed by atoms with van der Waals surface area (Å²) >= 11 is 1.30. The van der Waals surface area contributed by atoms with Gasteiger partial charge in [0.1, 0.15) is 12.4 Å². The summed E-state index contributed by atoms with van der Waals surface area (Å²) in [5, 5.41) is 18.5. The molecule has 0 unspecified atom stereocenters. The second kappa shape index (κ2) is 6.65. The van der Waals surface area contributed by atoms with E-state index in [0.29, 0.717) is 4.88 Å². The van der Waals surface area contributed by atoms with Crippen LogP contribution in [0.5, 0.6) is 0 Å². The normalized spacial score (nSPS) is 10.6. The predicted molar refractivity (Wildman–Crippen MR) is 85.8 cm³/mol. The molecule has 0 fully saturated rings.